The van der Waals surface area contributed by atoms with Crippen LogP contribution in [0.1, 0.15) is 277 Å². The maximum Gasteiger partial charge on any atom is 0.220 e. The predicted octanol–water partition coefficient (Wildman–Crippen LogP) is 14.8. The minimum atomic E-state index is -1.14. The maximum atomic E-state index is 12.5. The number of hydrogen-bond donors (Lipinski definition) is 4. The van der Waals surface area contributed by atoms with E-state index in [4.69, 9.17) is 0 Å². The van der Waals surface area contributed by atoms with E-state index in [1.54, 1.807) is 0 Å². The summed E-state index contributed by atoms with van der Waals surface area (Å²) < 4.78 is 0. The Bertz CT molecular complexity index is 773. The van der Waals surface area contributed by atoms with Crippen LogP contribution in [0.15, 0.2) is 12.2 Å². The van der Waals surface area contributed by atoms with Crippen LogP contribution in [0.25, 0.3) is 0 Å². The highest BCUT2D eigenvalue weighted by molar-refractivity contribution is 5.76. The number of allylic oxidation sites excluding steroid dienone is 2. The Kier molecular flexibility index (Phi) is 45.0. The first-order valence-corrected chi connectivity index (χ1v) is 25.0. The standard InChI is InChI=1S/C50H99NO4/c1-3-5-7-9-11-13-15-17-19-21-23-25-27-29-31-33-35-37-39-41-43-45-49(54)51-47(46-52)50(55)48(53)44-42-40-38-36-34-32-30-28-26-24-22-20-18-16-14-12-10-8-6-4-2/h25,27,47-48,50,52-53,55H,3-24,26,28-46H2,1-2H3,(H,51,54)/b27-25-. The van der Waals surface area contributed by atoms with E-state index in [0.717, 1.165) is 32.1 Å². The summed E-state index contributed by atoms with van der Waals surface area (Å²) in [6.07, 6.45) is 54.8. The molecule has 0 aliphatic rings. The summed E-state index contributed by atoms with van der Waals surface area (Å²) in [7, 11) is 0. The number of hydrogen-bond acceptors (Lipinski definition) is 4. The molecule has 5 nitrogen and oxygen atoms in total. The molecule has 0 rings (SSSR count). The molecule has 3 unspecified atom stereocenters. The molecule has 0 spiro atoms. The average Bonchev–Trinajstić information content (AvgIpc) is 3.19. The van der Waals surface area contributed by atoms with Crippen LogP contribution < -0.4 is 5.32 Å². The zero-order valence-corrected chi connectivity index (χ0v) is 37.3. The molecule has 0 aromatic heterocycles. The van der Waals surface area contributed by atoms with Gasteiger partial charge in [-0.25, -0.2) is 0 Å². The van der Waals surface area contributed by atoms with Gasteiger partial charge in [0.1, 0.15) is 6.10 Å². The third kappa shape index (κ3) is 41.1. The highest BCUT2D eigenvalue weighted by Gasteiger charge is 2.26. The molecule has 0 aliphatic carbocycles. The molecule has 0 saturated carbocycles. The Morgan fingerprint density at radius 1 is 0.436 bits per heavy atom. The van der Waals surface area contributed by atoms with E-state index in [1.807, 2.05) is 0 Å². The summed E-state index contributed by atoms with van der Waals surface area (Å²) in [6.45, 7) is 4.21. The molecule has 0 radical (unpaired) electrons. The van der Waals surface area contributed by atoms with Gasteiger partial charge in [0.15, 0.2) is 0 Å². The Morgan fingerprint density at radius 2 is 0.727 bits per heavy atom. The Morgan fingerprint density at radius 3 is 1.05 bits per heavy atom. The normalized spacial score (nSPS) is 13.5. The van der Waals surface area contributed by atoms with Crippen LogP contribution in [0.2, 0.25) is 0 Å². The van der Waals surface area contributed by atoms with Crippen molar-refractivity contribution in [2.45, 2.75) is 295 Å². The van der Waals surface area contributed by atoms with Crippen LogP contribution in [-0.2, 0) is 4.79 Å². The lowest BCUT2D eigenvalue weighted by atomic mass is 9.99. The van der Waals surface area contributed by atoms with Gasteiger partial charge in [-0.05, 0) is 38.5 Å². The lowest BCUT2D eigenvalue weighted by Gasteiger charge is -2.26. The third-order valence-electron chi connectivity index (χ3n) is 11.9. The van der Waals surface area contributed by atoms with Gasteiger partial charge in [-0.15, -0.1) is 0 Å². The smallest absolute Gasteiger partial charge is 0.220 e. The van der Waals surface area contributed by atoms with Crippen molar-refractivity contribution in [2.24, 2.45) is 0 Å². The second-order valence-electron chi connectivity index (χ2n) is 17.4. The molecule has 1 amide bonds. The molecule has 0 aromatic carbocycles. The molecule has 5 heteroatoms. The van der Waals surface area contributed by atoms with Crippen LogP contribution in [0, 0.1) is 0 Å². The summed E-state index contributed by atoms with van der Waals surface area (Å²) >= 11 is 0. The molecule has 3 atom stereocenters. The highest BCUT2D eigenvalue weighted by Crippen LogP contribution is 2.17. The van der Waals surface area contributed by atoms with E-state index >= 15 is 0 Å². The Balaban J connectivity index is 3.57. The van der Waals surface area contributed by atoms with Crippen LogP contribution in [0.4, 0.5) is 0 Å². The van der Waals surface area contributed by atoms with Crippen molar-refractivity contribution < 1.29 is 20.1 Å². The summed E-state index contributed by atoms with van der Waals surface area (Å²) in [5.41, 5.74) is 0. The third-order valence-corrected chi connectivity index (χ3v) is 11.9. The molecule has 0 heterocycles. The van der Waals surface area contributed by atoms with E-state index in [9.17, 15) is 20.1 Å². The molecule has 0 fully saturated rings. The van der Waals surface area contributed by atoms with Gasteiger partial charge in [0, 0.05) is 6.42 Å². The minimum Gasteiger partial charge on any atom is -0.394 e. The summed E-state index contributed by atoms with van der Waals surface area (Å²) in [4.78, 5) is 12.5. The number of carbonyl (C=O) groups excluding carboxylic acids is 1. The van der Waals surface area contributed by atoms with E-state index in [1.165, 1.54) is 218 Å². The van der Waals surface area contributed by atoms with Crippen LogP contribution in [0.5, 0.6) is 0 Å². The molecule has 0 saturated heterocycles. The van der Waals surface area contributed by atoms with Crippen molar-refractivity contribution in [3.8, 4) is 0 Å². The number of amides is 1. The number of carbonyl (C=O) groups is 1. The molecule has 0 bridgehead atoms. The molecular weight excluding hydrogens is 679 g/mol. The second kappa shape index (κ2) is 45.8. The number of rotatable bonds is 46. The van der Waals surface area contributed by atoms with E-state index in [-0.39, 0.29) is 12.5 Å². The fourth-order valence-corrected chi connectivity index (χ4v) is 7.98. The van der Waals surface area contributed by atoms with Gasteiger partial charge < -0.3 is 20.6 Å². The quantitative estimate of drug-likeness (QED) is 0.0366. The van der Waals surface area contributed by atoms with Crippen molar-refractivity contribution in [2.75, 3.05) is 6.61 Å². The summed E-state index contributed by atoms with van der Waals surface area (Å²) in [5, 5.41) is 33.7. The highest BCUT2D eigenvalue weighted by atomic mass is 16.3. The Labute approximate surface area is 344 Å². The first-order valence-electron chi connectivity index (χ1n) is 25.0. The molecule has 4 N–H and O–H groups in total. The molecular formula is C50H99NO4. The first-order chi connectivity index (χ1) is 27.1. The first kappa shape index (κ1) is 54.1. The lowest BCUT2D eigenvalue weighted by Crippen LogP contribution is -2.50. The second-order valence-corrected chi connectivity index (χ2v) is 17.4. The summed E-state index contributed by atoms with van der Waals surface area (Å²) in [5.74, 6) is -0.145. The average molecular weight is 778 g/mol. The van der Waals surface area contributed by atoms with Gasteiger partial charge in [0.05, 0.1) is 18.8 Å². The van der Waals surface area contributed by atoms with Gasteiger partial charge in [-0.1, -0.05) is 244 Å². The predicted molar refractivity (Wildman–Crippen MR) is 241 cm³/mol. The number of unbranched alkanes of at least 4 members (excludes halogenated alkanes) is 36. The van der Waals surface area contributed by atoms with Gasteiger partial charge >= 0.3 is 0 Å². The van der Waals surface area contributed by atoms with Crippen LogP contribution in [0.3, 0.4) is 0 Å². The van der Waals surface area contributed by atoms with Crippen LogP contribution in [-0.4, -0.2) is 46.1 Å². The van der Waals surface area contributed by atoms with Crippen LogP contribution >= 0.6 is 0 Å². The van der Waals surface area contributed by atoms with Crippen molar-refractivity contribution >= 4 is 5.91 Å². The van der Waals surface area contributed by atoms with Crippen molar-refractivity contribution in [1.82, 2.24) is 5.32 Å². The fraction of sp³-hybridized carbons (Fsp3) is 0.940. The number of nitrogens with one attached hydrogen (secondary N) is 1. The topological polar surface area (TPSA) is 89.8 Å². The SMILES string of the molecule is CCCCCCCCCCCC/C=C\CCCCCCCCCC(=O)NC(CO)C(O)C(O)CCCCCCCCCCCCCCCCCCCCCC. The van der Waals surface area contributed by atoms with Gasteiger partial charge in [-0.2, -0.15) is 0 Å². The van der Waals surface area contributed by atoms with Crippen molar-refractivity contribution in [1.29, 1.82) is 0 Å². The van der Waals surface area contributed by atoms with E-state index in [0.29, 0.717) is 12.8 Å². The van der Waals surface area contributed by atoms with Crippen molar-refractivity contribution in [3.63, 3.8) is 0 Å². The lowest BCUT2D eigenvalue weighted by molar-refractivity contribution is -0.124. The molecule has 0 aliphatic heterocycles. The van der Waals surface area contributed by atoms with Crippen molar-refractivity contribution in [3.05, 3.63) is 12.2 Å². The molecule has 55 heavy (non-hydrogen) atoms. The monoisotopic (exact) mass is 778 g/mol. The number of aliphatic hydroxyl groups is 3. The zero-order chi connectivity index (χ0) is 40.1. The van der Waals surface area contributed by atoms with Gasteiger partial charge in [0.25, 0.3) is 0 Å². The van der Waals surface area contributed by atoms with Gasteiger partial charge in [-0.3, -0.25) is 4.79 Å². The Hall–Kier alpha value is -0.910. The zero-order valence-electron chi connectivity index (χ0n) is 37.3. The summed E-state index contributed by atoms with van der Waals surface area (Å²) in [6, 6.07) is -0.809. The maximum absolute atomic E-state index is 12.5. The molecule has 0 aromatic rings. The van der Waals surface area contributed by atoms with E-state index in [2.05, 4.69) is 31.3 Å². The minimum absolute atomic E-state index is 0.145. The number of aliphatic hydroxyl groups excluding tert-OH is 3. The largest absolute Gasteiger partial charge is 0.394 e. The van der Waals surface area contributed by atoms with E-state index < -0.39 is 18.2 Å². The van der Waals surface area contributed by atoms with Gasteiger partial charge in [0.2, 0.25) is 5.91 Å². The molecule has 328 valence electrons. The fourth-order valence-electron chi connectivity index (χ4n) is 7.98.